The maximum Gasteiger partial charge on any atom is 0.269 e. The van der Waals surface area contributed by atoms with Gasteiger partial charge in [0.25, 0.3) is 5.69 Å². The zero-order chi connectivity index (χ0) is 14.1. The number of thioether (sulfide) groups is 1. The summed E-state index contributed by atoms with van der Waals surface area (Å²) in [6, 6.07) is 6.44. The molecule has 7 nitrogen and oxygen atoms in total. The highest BCUT2D eigenvalue weighted by molar-refractivity contribution is 8.00. The summed E-state index contributed by atoms with van der Waals surface area (Å²) in [5, 5.41) is 20.1. The molecule has 1 aromatic heterocycles. The first-order chi connectivity index (χ1) is 9.65. The maximum absolute atomic E-state index is 11.6. The second-order valence-corrected chi connectivity index (χ2v) is 5.39. The van der Waals surface area contributed by atoms with Gasteiger partial charge in [0.1, 0.15) is 5.82 Å². The second-order valence-electron chi connectivity index (χ2n) is 4.29. The number of non-ortho nitro benzene ring substituents is 1. The Morgan fingerprint density at radius 2 is 2.30 bits per heavy atom. The molecule has 1 atom stereocenters. The van der Waals surface area contributed by atoms with E-state index in [-0.39, 0.29) is 22.6 Å². The van der Waals surface area contributed by atoms with Gasteiger partial charge in [0.15, 0.2) is 0 Å². The SMILES string of the molecule is O=C1CS[C@H](c2cccc([N+](=O)[O-])c2)c2cn[nH]c2N1. The van der Waals surface area contributed by atoms with E-state index in [1.54, 1.807) is 12.3 Å². The van der Waals surface area contributed by atoms with Crippen molar-refractivity contribution >= 4 is 29.2 Å². The van der Waals surface area contributed by atoms with Gasteiger partial charge in [0.05, 0.1) is 22.1 Å². The van der Waals surface area contributed by atoms with Crippen LogP contribution in [0.15, 0.2) is 30.5 Å². The molecule has 1 aliphatic rings. The molecule has 0 radical (unpaired) electrons. The van der Waals surface area contributed by atoms with Gasteiger partial charge < -0.3 is 5.32 Å². The predicted molar refractivity (Wildman–Crippen MR) is 74.6 cm³/mol. The molecule has 1 aliphatic heterocycles. The summed E-state index contributed by atoms with van der Waals surface area (Å²) in [5.74, 6) is 0.723. The third-order valence-electron chi connectivity index (χ3n) is 2.98. The molecule has 0 saturated heterocycles. The highest BCUT2D eigenvalue weighted by Gasteiger charge is 2.26. The van der Waals surface area contributed by atoms with Crippen LogP contribution in [-0.2, 0) is 4.79 Å². The molecular formula is C12H10N4O3S. The van der Waals surface area contributed by atoms with Crippen LogP contribution in [0.2, 0.25) is 0 Å². The molecule has 0 bridgehead atoms. The Hall–Kier alpha value is -2.35. The van der Waals surface area contributed by atoms with Crippen molar-refractivity contribution in [3.05, 3.63) is 51.7 Å². The van der Waals surface area contributed by atoms with Crippen LogP contribution in [0, 0.1) is 10.1 Å². The van der Waals surface area contributed by atoms with E-state index in [1.165, 1.54) is 23.9 Å². The summed E-state index contributed by atoms with van der Waals surface area (Å²) >= 11 is 1.42. The predicted octanol–water partition coefficient (Wildman–Crippen LogP) is 2.09. The molecule has 2 heterocycles. The monoisotopic (exact) mass is 290 g/mol. The van der Waals surface area contributed by atoms with Gasteiger partial charge in [0, 0.05) is 17.7 Å². The minimum atomic E-state index is -0.426. The maximum atomic E-state index is 11.6. The Kier molecular flexibility index (Phi) is 3.15. The number of benzene rings is 1. The Bertz CT molecular complexity index is 685. The Morgan fingerprint density at radius 3 is 3.10 bits per heavy atom. The molecule has 0 saturated carbocycles. The number of carbonyl (C=O) groups excluding carboxylic acids is 1. The number of aromatic amines is 1. The summed E-state index contributed by atoms with van der Waals surface area (Å²) < 4.78 is 0. The van der Waals surface area contributed by atoms with Gasteiger partial charge in [0.2, 0.25) is 5.91 Å². The van der Waals surface area contributed by atoms with Gasteiger partial charge in [-0.1, -0.05) is 12.1 Å². The number of rotatable bonds is 2. The smallest absolute Gasteiger partial charge is 0.269 e. The van der Waals surface area contributed by atoms with Crippen LogP contribution in [0.5, 0.6) is 0 Å². The van der Waals surface area contributed by atoms with Gasteiger partial charge >= 0.3 is 0 Å². The fraction of sp³-hybridized carbons (Fsp3) is 0.167. The summed E-state index contributed by atoms with van der Waals surface area (Å²) in [4.78, 5) is 22.0. The average Bonchev–Trinajstić information content (AvgIpc) is 2.81. The molecule has 8 heteroatoms. The number of anilines is 1. The van der Waals surface area contributed by atoms with Crippen LogP contribution in [0.25, 0.3) is 0 Å². The summed E-state index contributed by atoms with van der Waals surface area (Å²) in [7, 11) is 0. The quantitative estimate of drug-likeness (QED) is 0.651. The molecule has 0 fully saturated rings. The number of aromatic nitrogens is 2. The van der Waals surface area contributed by atoms with Crippen LogP contribution >= 0.6 is 11.8 Å². The molecule has 0 unspecified atom stereocenters. The number of nitro groups is 1. The first-order valence-electron chi connectivity index (χ1n) is 5.84. The molecule has 20 heavy (non-hydrogen) atoms. The van der Waals surface area contributed by atoms with Crippen LogP contribution < -0.4 is 5.32 Å². The zero-order valence-electron chi connectivity index (χ0n) is 10.2. The van der Waals surface area contributed by atoms with Gasteiger partial charge in [-0.25, -0.2) is 0 Å². The molecule has 3 rings (SSSR count). The number of hydrogen-bond acceptors (Lipinski definition) is 5. The molecule has 2 N–H and O–H groups in total. The molecule has 0 spiro atoms. The third-order valence-corrected chi connectivity index (χ3v) is 4.27. The van der Waals surface area contributed by atoms with Gasteiger partial charge in [-0.05, 0) is 5.56 Å². The molecule has 1 amide bonds. The van der Waals surface area contributed by atoms with Crippen molar-refractivity contribution in [2.75, 3.05) is 11.1 Å². The number of H-pyrrole nitrogens is 1. The van der Waals surface area contributed by atoms with Crippen molar-refractivity contribution < 1.29 is 9.72 Å². The Labute approximate surface area is 117 Å². The summed E-state index contributed by atoms with van der Waals surface area (Å²) in [6.45, 7) is 0. The van der Waals surface area contributed by atoms with E-state index in [9.17, 15) is 14.9 Å². The fourth-order valence-corrected chi connectivity index (χ4v) is 3.18. The lowest BCUT2D eigenvalue weighted by Gasteiger charge is -2.13. The summed E-state index contributed by atoms with van der Waals surface area (Å²) in [6.07, 6.45) is 1.64. The van der Waals surface area contributed by atoms with Crippen LogP contribution in [-0.4, -0.2) is 26.8 Å². The lowest BCUT2D eigenvalue weighted by atomic mass is 10.1. The number of nitrogens with zero attached hydrogens (tertiary/aromatic N) is 2. The van der Waals surface area contributed by atoms with E-state index in [4.69, 9.17) is 0 Å². The van der Waals surface area contributed by atoms with Gasteiger partial charge in [-0.3, -0.25) is 20.0 Å². The highest BCUT2D eigenvalue weighted by Crippen LogP contribution is 2.41. The van der Waals surface area contributed by atoms with Crippen LogP contribution in [0.1, 0.15) is 16.4 Å². The fourth-order valence-electron chi connectivity index (χ4n) is 2.10. The van der Waals surface area contributed by atoms with Crippen molar-refractivity contribution in [3.8, 4) is 0 Å². The van der Waals surface area contributed by atoms with E-state index >= 15 is 0 Å². The Morgan fingerprint density at radius 1 is 1.45 bits per heavy atom. The van der Waals surface area contributed by atoms with Gasteiger partial charge in [-0.2, -0.15) is 5.10 Å². The van der Waals surface area contributed by atoms with Crippen molar-refractivity contribution in [1.29, 1.82) is 0 Å². The van der Waals surface area contributed by atoms with Crippen molar-refractivity contribution in [2.45, 2.75) is 5.25 Å². The highest BCUT2D eigenvalue weighted by atomic mass is 32.2. The van der Waals surface area contributed by atoms with Crippen molar-refractivity contribution in [1.82, 2.24) is 10.2 Å². The van der Waals surface area contributed by atoms with Crippen molar-refractivity contribution in [3.63, 3.8) is 0 Å². The summed E-state index contributed by atoms with van der Waals surface area (Å²) in [5.41, 5.74) is 1.64. The number of nitrogens with one attached hydrogen (secondary N) is 2. The van der Waals surface area contributed by atoms with Crippen LogP contribution in [0.4, 0.5) is 11.5 Å². The molecular weight excluding hydrogens is 280 g/mol. The standard InChI is InChI=1S/C12H10N4O3S/c17-10-6-20-11(9-5-13-15-12(9)14-10)7-2-1-3-8(4-7)16(18)19/h1-5,11H,6H2,(H2,13,14,15,17)/t11-/m1/s1. The first kappa shape index (κ1) is 12.7. The number of fused-ring (bicyclic) bond motifs is 1. The largest absolute Gasteiger partial charge is 0.310 e. The lowest BCUT2D eigenvalue weighted by molar-refractivity contribution is -0.384. The normalized spacial score (nSPS) is 18.0. The molecule has 102 valence electrons. The topological polar surface area (TPSA) is 101 Å². The van der Waals surface area contributed by atoms with Gasteiger partial charge in [-0.15, -0.1) is 11.8 Å². The molecule has 0 aliphatic carbocycles. The van der Waals surface area contributed by atoms with E-state index in [0.29, 0.717) is 5.82 Å². The van der Waals surface area contributed by atoms with E-state index < -0.39 is 4.92 Å². The van der Waals surface area contributed by atoms with Crippen LogP contribution in [0.3, 0.4) is 0 Å². The van der Waals surface area contributed by atoms with E-state index in [2.05, 4.69) is 15.5 Å². The Balaban J connectivity index is 2.04. The number of amides is 1. The number of nitro benzene ring substituents is 1. The lowest BCUT2D eigenvalue weighted by Crippen LogP contribution is -2.12. The second kappa shape index (κ2) is 4.97. The molecule has 1 aromatic carbocycles. The number of carbonyl (C=O) groups is 1. The number of hydrogen-bond donors (Lipinski definition) is 2. The molecule has 2 aromatic rings. The average molecular weight is 290 g/mol. The van der Waals surface area contributed by atoms with Crippen molar-refractivity contribution in [2.24, 2.45) is 0 Å². The van der Waals surface area contributed by atoms with E-state index in [1.807, 2.05) is 6.07 Å². The minimum Gasteiger partial charge on any atom is -0.310 e. The first-order valence-corrected chi connectivity index (χ1v) is 6.89. The third kappa shape index (κ3) is 2.25. The van der Waals surface area contributed by atoms with E-state index in [0.717, 1.165) is 11.1 Å². The minimum absolute atomic E-state index is 0.0386. The zero-order valence-corrected chi connectivity index (χ0v) is 11.0.